The third-order valence-corrected chi connectivity index (χ3v) is 6.99. The number of quaternary nitrogens is 1. The molecule has 0 saturated carbocycles. The molecule has 164 valence electrons. The first-order chi connectivity index (χ1) is 15.0. The van der Waals surface area contributed by atoms with Crippen LogP contribution in [0, 0.1) is 0 Å². The molecular formula is C24H29N2O4S+. The van der Waals surface area contributed by atoms with Crippen LogP contribution in [0.5, 0.6) is 0 Å². The highest BCUT2D eigenvalue weighted by Crippen LogP contribution is 2.39. The molecular weight excluding hydrogens is 412 g/mol. The van der Waals surface area contributed by atoms with Crippen molar-refractivity contribution in [2.24, 2.45) is 0 Å². The van der Waals surface area contributed by atoms with Crippen molar-refractivity contribution < 1.29 is 24.3 Å². The zero-order valence-corrected chi connectivity index (χ0v) is 18.8. The number of carbonyl (C=O) groups is 2. The Morgan fingerprint density at radius 1 is 1.23 bits per heavy atom. The number of hydrogen-bond donors (Lipinski definition) is 2. The largest absolute Gasteiger partial charge is 0.503 e. The van der Waals surface area contributed by atoms with Crippen LogP contribution < -0.4 is 4.90 Å². The second-order valence-corrected chi connectivity index (χ2v) is 9.35. The summed E-state index contributed by atoms with van der Waals surface area (Å²) < 4.78 is 5.43. The molecule has 2 aliphatic heterocycles. The first kappa shape index (κ1) is 21.7. The van der Waals surface area contributed by atoms with Gasteiger partial charge in [-0.05, 0) is 28.5 Å². The number of rotatable bonds is 7. The van der Waals surface area contributed by atoms with Crippen LogP contribution in [0.4, 0.5) is 0 Å². The van der Waals surface area contributed by atoms with Gasteiger partial charge in [-0.1, -0.05) is 44.2 Å². The molecule has 1 aromatic heterocycles. The van der Waals surface area contributed by atoms with Crippen LogP contribution >= 0.6 is 11.3 Å². The van der Waals surface area contributed by atoms with Gasteiger partial charge in [0.2, 0.25) is 5.78 Å². The summed E-state index contributed by atoms with van der Waals surface area (Å²) in [6.07, 6.45) is 0. The number of amides is 1. The maximum atomic E-state index is 13.3. The summed E-state index contributed by atoms with van der Waals surface area (Å²) in [5, 5.41) is 12.6. The Hall–Kier alpha value is -2.48. The van der Waals surface area contributed by atoms with E-state index in [1.807, 2.05) is 29.6 Å². The molecule has 31 heavy (non-hydrogen) atoms. The van der Waals surface area contributed by atoms with Gasteiger partial charge >= 0.3 is 0 Å². The van der Waals surface area contributed by atoms with Crippen LogP contribution in [0.2, 0.25) is 0 Å². The lowest BCUT2D eigenvalue weighted by Gasteiger charge is -2.30. The van der Waals surface area contributed by atoms with E-state index >= 15 is 0 Å². The van der Waals surface area contributed by atoms with Crippen molar-refractivity contribution in [3.8, 4) is 0 Å². The van der Waals surface area contributed by atoms with Crippen LogP contribution in [0.25, 0.3) is 0 Å². The number of ether oxygens (including phenoxy) is 1. The van der Waals surface area contributed by atoms with E-state index in [1.54, 1.807) is 17.0 Å². The molecule has 2 aromatic rings. The van der Waals surface area contributed by atoms with Gasteiger partial charge in [0.15, 0.2) is 5.76 Å². The Balaban J connectivity index is 1.66. The van der Waals surface area contributed by atoms with E-state index in [9.17, 15) is 14.7 Å². The first-order valence-electron chi connectivity index (χ1n) is 10.8. The topological polar surface area (TPSA) is 71.3 Å². The van der Waals surface area contributed by atoms with Gasteiger partial charge in [0.05, 0.1) is 42.8 Å². The predicted molar refractivity (Wildman–Crippen MR) is 120 cm³/mol. The zero-order valence-electron chi connectivity index (χ0n) is 18.0. The molecule has 0 bridgehead atoms. The second-order valence-electron chi connectivity index (χ2n) is 8.40. The van der Waals surface area contributed by atoms with Crippen LogP contribution in [-0.2, 0) is 9.53 Å². The van der Waals surface area contributed by atoms with E-state index in [2.05, 4.69) is 13.8 Å². The van der Waals surface area contributed by atoms with E-state index in [1.165, 1.54) is 21.8 Å². The molecule has 2 N–H and O–H groups in total. The summed E-state index contributed by atoms with van der Waals surface area (Å²) >= 11 is 1.32. The molecule has 4 rings (SSSR count). The maximum absolute atomic E-state index is 13.3. The van der Waals surface area contributed by atoms with Gasteiger partial charge in [-0.25, -0.2) is 0 Å². The number of hydrogen-bond acceptors (Lipinski definition) is 5. The van der Waals surface area contributed by atoms with Crippen LogP contribution in [0.15, 0.2) is 53.1 Å². The number of aliphatic hydroxyl groups excluding tert-OH is 1. The minimum Gasteiger partial charge on any atom is -0.503 e. The van der Waals surface area contributed by atoms with Crippen LogP contribution in [0.1, 0.15) is 46.6 Å². The molecule has 3 heterocycles. The summed E-state index contributed by atoms with van der Waals surface area (Å²) in [5.74, 6) is -0.782. The van der Waals surface area contributed by atoms with E-state index in [4.69, 9.17) is 4.74 Å². The second kappa shape index (κ2) is 9.34. The zero-order chi connectivity index (χ0) is 22.0. The van der Waals surface area contributed by atoms with Crippen molar-refractivity contribution >= 4 is 23.0 Å². The van der Waals surface area contributed by atoms with Crippen molar-refractivity contribution in [1.82, 2.24) is 4.90 Å². The average molecular weight is 442 g/mol. The number of benzene rings is 1. The Labute approximate surface area is 186 Å². The normalized spacial score (nSPS) is 20.2. The lowest BCUT2D eigenvalue weighted by Crippen LogP contribution is -3.14. The van der Waals surface area contributed by atoms with E-state index in [0.29, 0.717) is 17.3 Å². The third-order valence-electron chi connectivity index (χ3n) is 6.12. The van der Waals surface area contributed by atoms with E-state index in [-0.39, 0.29) is 11.4 Å². The molecule has 1 aromatic carbocycles. The molecule has 0 aliphatic carbocycles. The maximum Gasteiger partial charge on any atom is 0.290 e. The smallest absolute Gasteiger partial charge is 0.290 e. The highest BCUT2D eigenvalue weighted by Gasteiger charge is 2.44. The quantitative estimate of drug-likeness (QED) is 0.647. The Kier molecular flexibility index (Phi) is 6.55. The number of aliphatic hydroxyl groups is 1. The van der Waals surface area contributed by atoms with E-state index < -0.39 is 17.7 Å². The van der Waals surface area contributed by atoms with Gasteiger partial charge in [-0.3, -0.25) is 9.59 Å². The molecule has 1 fully saturated rings. The fraction of sp³-hybridized carbons (Fsp3) is 0.417. The predicted octanol–water partition coefficient (Wildman–Crippen LogP) is 2.36. The number of nitrogens with zero attached hydrogens (tertiary/aromatic N) is 1. The Morgan fingerprint density at radius 3 is 2.55 bits per heavy atom. The average Bonchev–Trinajstić information content (AvgIpc) is 3.41. The molecule has 1 saturated heterocycles. The molecule has 0 spiro atoms. The molecule has 1 amide bonds. The SMILES string of the molecule is CC(C)c1ccc([C@H]2C(C(=O)c3cccs3)=C(O)C(=O)N2CC[NH+]2CCOCC2)cc1. The van der Waals surface area contributed by atoms with Gasteiger partial charge in [-0.15, -0.1) is 11.3 Å². The highest BCUT2D eigenvalue weighted by atomic mass is 32.1. The number of Topliss-reactive ketones (excluding diaryl/α,β-unsaturated/α-hetero) is 1. The van der Waals surface area contributed by atoms with Gasteiger partial charge < -0.3 is 19.6 Å². The minimum absolute atomic E-state index is 0.182. The van der Waals surface area contributed by atoms with E-state index in [0.717, 1.165) is 38.4 Å². The molecule has 2 aliphatic rings. The molecule has 6 nitrogen and oxygen atoms in total. The van der Waals surface area contributed by atoms with Crippen molar-refractivity contribution in [1.29, 1.82) is 0 Å². The minimum atomic E-state index is -0.580. The van der Waals surface area contributed by atoms with Gasteiger partial charge in [0.1, 0.15) is 13.1 Å². The summed E-state index contributed by atoms with van der Waals surface area (Å²) in [6.45, 7) is 8.71. The fourth-order valence-electron chi connectivity index (χ4n) is 4.26. The van der Waals surface area contributed by atoms with Crippen molar-refractivity contribution in [3.05, 3.63) is 69.1 Å². The molecule has 0 radical (unpaired) electrons. The monoisotopic (exact) mass is 441 g/mol. The summed E-state index contributed by atoms with van der Waals surface area (Å²) in [7, 11) is 0. The summed E-state index contributed by atoms with van der Waals surface area (Å²) in [5.41, 5.74) is 2.22. The molecule has 0 unspecified atom stereocenters. The summed E-state index contributed by atoms with van der Waals surface area (Å²) in [6, 6.07) is 11.0. The van der Waals surface area contributed by atoms with Crippen molar-refractivity contribution in [2.45, 2.75) is 25.8 Å². The number of ketones is 1. The number of nitrogens with one attached hydrogen (secondary N) is 1. The van der Waals surface area contributed by atoms with Crippen molar-refractivity contribution in [3.63, 3.8) is 0 Å². The molecule has 7 heteroatoms. The summed E-state index contributed by atoms with van der Waals surface area (Å²) in [4.78, 5) is 29.9. The lowest BCUT2D eigenvalue weighted by atomic mass is 9.93. The van der Waals surface area contributed by atoms with Crippen LogP contribution in [0.3, 0.4) is 0 Å². The van der Waals surface area contributed by atoms with Gasteiger partial charge in [-0.2, -0.15) is 0 Å². The Bertz CT molecular complexity index is 960. The standard InChI is InChI=1S/C24H28N2O4S/c1-16(2)17-5-7-18(8-6-17)21-20(22(27)19-4-3-15-31-19)23(28)24(29)26(21)10-9-25-11-13-30-14-12-25/h3-8,15-16,21,28H,9-14H2,1-2H3/p+1/t21-/m0/s1. The van der Waals surface area contributed by atoms with Gasteiger partial charge in [0, 0.05) is 0 Å². The first-order valence-corrected chi connectivity index (χ1v) is 11.7. The highest BCUT2D eigenvalue weighted by molar-refractivity contribution is 7.12. The number of thiophene rings is 1. The third kappa shape index (κ3) is 4.44. The van der Waals surface area contributed by atoms with Gasteiger partial charge in [0.25, 0.3) is 5.91 Å². The number of carbonyl (C=O) groups excluding carboxylic acids is 2. The van der Waals surface area contributed by atoms with Crippen molar-refractivity contribution in [2.75, 3.05) is 39.4 Å². The van der Waals surface area contributed by atoms with Crippen LogP contribution in [-0.4, -0.2) is 61.1 Å². The Morgan fingerprint density at radius 2 is 1.94 bits per heavy atom. The fourth-order valence-corrected chi connectivity index (χ4v) is 4.93. The lowest BCUT2D eigenvalue weighted by molar-refractivity contribution is -0.907. The molecule has 1 atom stereocenters. The number of morpholine rings is 1.